The van der Waals surface area contributed by atoms with Gasteiger partial charge in [-0.05, 0) is 67.9 Å². The lowest BCUT2D eigenvalue weighted by Crippen LogP contribution is -2.40. The quantitative estimate of drug-likeness (QED) is 0.395. The van der Waals surface area contributed by atoms with E-state index in [4.69, 9.17) is 4.98 Å². The van der Waals surface area contributed by atoms with Gasteiger partial charge < -0.3 is 5.32 Å². The first-order chi connectivity index (χ1) is 15.7. The summed E-state index contributed by atoms with van der Waals surface area (Å²) in [6.07, 6.45) is 1.92. The highest BCUT2D eigenvalue weighted by Crippen LogP contribution is 2.26. The Hall–Kier alpha value is -2.96. The van der Waals surface area contributed by atoms with E-state index >= 15 is 0 Å². The molecule has 0 bridgehead atoms. The second-order valence-corrected chi connectivity index (χ2v) is 9.17. The van der Waals surface area contributed by atoms with Crippen LogP contribution in [0.1, 0.15) is 18.7 Å². The Morgan fingerprint density at radius 2 is 1.75 bits per heavy atom. The molecule has 2 heterocycles. The maximum Gasteiger partial charge on any atom is 0.228 e. The lowest BCUT2D eigenvalue weighted by atomic mass is 9.97. The van der Waals surface area contributed by atoms with E-state index in [0.717, 1.165) is 58.6 Å². The molecular formula is C26H25BrN4O. The number of halogens is 1. The predicted octanol–water partition coefficient (Wildman–Crippen LogP) is 5.64. The number of likely N-dealkylation sites (tertiary alicyclic amines) is 1. The van der Waals surface area contributed by atoms with Crippen LogP contribution in [0.15, 0.2) is 83.3 Å². The van der Waals surface area contributed by atoms with Crippen LogP contribution in [0, 0.1) is 5.92 Å². The van der Waals surface area contributed by atoms with Crippen LogP contribution in [0.2, 0.25) is 0 Å². The molecule has 0 saturated carbocycles. The van der Waals surface area contributed by atoms with Crippen molar-refractivity contribution >= 4 is 38.6 Å². The number of carbonyl (C=O) groups excluding carboxylic acids is 1. The lowest BCUT2D eigenvalue weighted by Gasteiger charge is -2.31. The van der Waals surface area contributed by atoms with Crippen molar-refractivity contribution in [3.8, 4) is 5.69 Å². The molecule has 1 aliphatic rings. The number of nitrogens with zero attached hydrogens (tertiary/aromatic N) is 3. The zero-order chi connectivity index (χ0) is 21.9. The van der Waals surface area contributed by atoms with Gasteiger partial charge in [0.15, 0.2) is 0 Å². The van der Waals surface area contributed by atoms with Gasteiger partial charge in [0.1, 0.15) is 5.82 Å². The van der Waals surface area contributed by atoms with Crippen molar-refractivity contribution in [2.75, 3.05) is 18.4 Å². The average molecular weight is 489 g/mol. The number of rotatable bonds is 5. The van der Waals surface area contributed by atoms with Crippen molar-refractivity contribution in [3.63, 3.8) is 0 Å². The maximum absolute atomic E-state index is 12.9. The van der Waals surface area contributed by atoms with Crippen LogP contribution in [0.5, 0.6) is 0 Å². The summed E-state index contributed by atoms with van der Waals surface area (Å²) in [7, 11) is 0. The number of amides is 1. The molecule has 1 aromatic heterocycles. The SMILES string of the molecule is O=C(Nc1ccccc1)[C@@H]1CCCN(Cc2nc3ccccc3n2-c2ccc(Br)cc2)C1. The third-order valence-electron chi connectivity index (χ3n) is 6.00. The minimum atomic E-state index is -0.0190. The minimum absolute atomic E-state index is 0.0190. The number of aromatic nitrogens is 2. The van der Waals surface area contributed by atoms with Crippen LogP contribution in [0.3, 0.4) is 0 Å². The van der Waals surface area contributed by atoms with E-state index in [1.807, 2.05) is 42.5 Å². The highest BCUT2D eigenvalue weighted by atomic mass is 79.9. The largest absolute Gasteiger partial charge is 0.326 e. The Balaban J connectivity index is 1.37. The molecule has 0 radical (unpaired) electrons. The van der Waals surface area contributed by atoms with Gasteiger partial charge in [0.2, 0.25) is 5.91 Å². The summed E-state index contributed by atoms with van der Waals surface area (Å²) in [5.41, 5.74) is 4.03. The molecule has 5 rings (SSSR count). The maximum atomic E-state index is 12.9. The molecule has 32 heavy (non-hydrogen) atoms. The average Bonchev–Trinajstić information content (AvgIpc) is 3.18. The van der Waals surface area contributed by atoms with Crippen molar-refractivity contribution in [2.45, 2.75) is 19.4 Å². The number of benzene rings is 3. The number of para-hydroxylation sites is 3. The van der Waals surface area contributed by atoms with E-state index in [-0.39, 0.29) is 11.8 Å². The molecule has 6 heteroatoms. The van der Waals surface area contributed by atoms with Gasteiger partial charge in [-0.25, -0.2) is 4.98 Å². The highest BCUT2D eigenvalue weighted by Gasteiger charge is 2.27. The Morgan fingerprint density at radius 3 is 2.56 bits per heavy atom. The lowest BCUT2D eigenvalue weighted by molar-refractivity contribution is -0.121. The molecule has 3 aromatic carbocycles. The molecule has 1 saturated heterocycles. The van der Waals surface area contributed by atoms with Crippen LogP contribution in [-0.4, -0.2) is 33.4 Å². The summed E-state index contributed by atoms with van der Waals surface area (Å²) in [6, 6.07) is 26.3. The van der Waals surface area contributed by atoms with E-state index in [2.05, 4.69) is 67.1 Å². The Kier molecular flexibility index (Phi) is 6.06. The molecule has 1 atom stereocenters. The molecular weight excluding hydrogens is 464 g/mol. The van der Waals surface area contributed by atoms with Crippen LogP contribution in [0.4, 0.5) is 5.69 Å². The molecule has 162 valence electrons. The van der Waals surface area contributed by atoms with Gasteiger partial charge in [-0.15, -0.1) is 0 Å². The van der Waals surface area contributed by atoms with Crippen LogP contribution in [-0.2, 0) is 11.3 Å². The Bertz CT molecular complexity index is 1220. The highest BCUT2D eigenvalue weighted by molar-refractivity contribution is 9.10. The van der Waals surface area contributed by atoms with Gasteiger partial charge >= 0.3 is 0 Å². The molecule has 4 aromatic rings. The number of fused-ring (bicyclic) bond motifs is 1. The number of imidazole rings is 1. The van der Waals surface area contributed by atoms with Crippen LogP contribution >= 0.6 is 15.9 Å². The number of hydrogen-bond acceptors (Lipinski definition) is 3. The van der Waals surface area contributed by atoms with Gasteiger partial charge in [-0.1, -0.05) is 46.3 Å². The van der Waals surface area contributed by atoms with E-state index in [0.29, 0.717) is 6.54 Å². The topological polar surface area (TPSA) is 50.2 Å². The molecule has 5 nitrogen and oxygen atoms in total. The molecule has 1 N–H and O–H groups in total. The van der Waals surface area contributed by atoms with E-state index in [1.54, 1.807) is 0 Å². The third-order valence-corrected chi connectivity index (χ3v) is 6.53. The molecule has 1 fully saturated rings. The monoisotopic (exact) mass is 488 g/mol. The summed E-state index contributed by atoms with van der Waals surface area (Å²) in [6.45, 7) is 2.42. The van der Waals surface area contributed by atoms with Crippen LogP contribution in [0.25, 0.3) is 16.7 Å². The van der Waals surface area contributed by atoms with Crippen molar-refractivity contribution in [3.05, 3.63) is 89.2 Å². The van der Waals surface area contributed by atoms with Gasteiger partial charge in [0, 0.05) is 22.4 Å². The van der Waals surface area contributed by atoms with Gasteiger partial charge in [0.05, 0.1) is 23.5 Å². The smallest absolute Gasteiger partial charge is 0.228 e. The first-order valence-electron chi connectivity index (χ1n) is 11.0. The van der Waals surface area contributed by atoms with Gasteiger partial charge in [-0.2, -0.15) is 0 Å². The molecule has 0 spiro atoms. The van der Waals surface area contributed by atoms with Crippen molar-refractivity contribution in [2.24, 2.45) is 5.92 Å². The van der Waals surface area contributed by atoms with E-state index < -0.39 is 0 Å². The second-order valence-electron chi connectivity index (χ2n) is 8.26. The summed E-state index contributed by atoms with van der Waals surface area (Å²) in [5, 5.41) is 3.07. The van der Waals surface area contributed by atoms with Crippen molar-refractivity contribution in [1.82, 2.24) is 14.5 Å². The van der Waals surface area contributed by atoms with Crippen molar-refractivity contribution < 1.29 is 4.79 Å². The number of piperidine rings is 1. The molecule has 1 amide bonds. The van der Waals surface area contributed by atoms with Crippen molar-refractivity contribution in [1.29, 1.82) is 0 Å². The second kappa shape index (κ2) is 9.27. The van der Waals surface area contributed by atoms with Crippen LogP contribution < -0.4 is 5.32 Å². The summed E-state index contributed by atoms with van der Waals surface area (Å²) in [5.74, 6) is 1.08. The first kappa shape index (κ1) is 20.9. The Morgan fingerprint density at radius 1 is 1.00 bits per heavy atom. The molecule has 0 aliphatic carbocycles. The minimum Gasteiger partial charge on any atom is -0.326 e. The number of nitrogens with one attached hydrogen (secondary N) is 1. The Labute approximate surface area is 196 Å². The summed E-state index contributed by atoms with van der Waals surface area (Å²) < 4.78 is 3.28. The number of anilines is 1. The summed E-state index contributed by atoms with van der Waals surface area (Å²) in [4.78, 5) is 20.2. The number of hydrogen-bond donors (Lipinski definition) is 1. The zero-order valence-corrected chi connectivity index (χ0v) is 19.3. The molecule has 0 unspecified atom stereocenters. The fraction of sp³-hybridized carbons (Fsp3) is 0.231. The molecule has 1 aliphatic heterocycles. The third kappa shape index (κ3) is 4.47. The fourth-order valence-electron chi connectivity index (χ4n) is 4.44. The standard InChI is InChI=1S/C26H25BrN4O/c27-20-12-14-22(15-13-20)31-24-11-5-4-10-23(24)29-25(31)18-30-16-6-7-19(17-30)26(32)28-21-8-2-1-3-9-21/h1-5,8-15,19H,6-7,16-18H2,(H,28,32)/t19-/m1/s1. The number of carbonyl (C=O) groups is 1. The predicted molar refractivity (Wildman–Crippen MR) is 132 cm³/mol. The van der Waals surface area contributed by atoms with Gasteiger partial charge in [0.25, 0.3) is 0 Å². The zero-order valence-electron chi connectivity index (χ0n) is 17.7. The van der Waals surface area contributed by atoms with E-state index in [9.17, 15) is 4.79 Å². The normalized spacial score (nSPS) is 16.8. The fourth-order valence-corrected chi connectivity index (χ4v) is 4.70. The van der Waals surface area contributed by atoms with Gasteiger partial charge in [-0.3, -0.25) is 14.3 Å². The van der Waals surface area contributed by atoms with E-state index in [1.165, 1.54) is 0 Å². The first-order valence-corrected chi connectivity index (χ1v) is 11.8. The summed E-state index contributed by atoms with van der Waals surface area (Å²) >= 11 is 3.53.